The molecule has 3 nitrogen and oxygen atoms in total. The van der Waals surface area contributed by atoms with Crippen molar-refractivity contribution in [1.29, 1.82) is 0 Å². The monoisotopic (exact) mass is 202 g/mol. The van der Waals surface area contributed by atoms with Crippen LogP contribution in [0.25, 0.3) is 0 Å². The van der Waals surface area contributed by atoms with Gasteiger partial charge >= 0.3 is 0 Å². The summed E-state index contributed by atoms with van der Waals surface area (Å²) in [4.78, 5) is 0. The van der Waals surface area contributed by atoms with Crippen LogP contribution in [0.3, 0.4) is 0 Å². The van der Waals surface area contributed by atoms with Crippen LogP contribution in [0.4, 0.5) is 0 Å². The molecule has 74 valence electrons. The van der Waals surface area contributed by atoms with Crippen LogP contribution >= 0.6 is 10.9 Å². The molecule has 0 unspecified atom stereocenters. The second kappa shape index (κ2) is 4.07. The molecule has 0 aromatic carbocycles. The molecule has 0 aliphatic carbocycles. The molecule has 0 N–H and O–H groups in total. The first-order valence-electron chi connectivity index (χ1n) is 4.43. The third-order valence-corrected chi connectivity index (χ3v) is 3.46. The molecule has 1 saturated heterocycles. The summed E-state index contributed by atoms with van der Waals surface area (Å²) in [6.45, 7) is 4.11. The molecule has 0 radical (unpaired) electrons. The first-order valence-corrected chi connectivity index (χ1v) is 6.10. The molecule has 1 fully saturated rings. The molecule has 4 heteroatoms. The topological polar surface area (TPSA) is 27.7 Å². The van der Waals surface area contributed by atoms with E-state index in [2.05, 4.69) is 10.8 Å². The zero-order valence-corrected chi connectivity index (χ0v) is 8.55. The average Bonchev–Trinajstić information content (AvgIpc) is 2.57. The van der Waals surface area contributed by atoms with E-state index in [1.54, 1.807) is 0 Å². The third kappa shape index (κ3) is 2.00. The summed E-state index contributed by atoms with van der Waals surface area (Å²) in [7, 11) is -0.298. The van der Waals surface area contributed by atoms with E-state index in [1.165, 1.54) is 0 Å². The molecule has 2 heterocycles. The maximum absolute atomic E-state index is 5.44. The average molecular weight is 202 g/mol. The summed E-state index contributed by atoms with van der Waals surface area (Å²) in [5, 5.41) is 4.25. The molecule has 0 aromatic heterocycles. The van der Waals surface area contributed by atoms with Gasteiger partial charge in [0.05, 0.1) is 5.94 Å². The van der Waals surface area contributed by atoms with E-state index in [4.69, 9.17) is 14.2 Å². The number of hydrogen-bond acceptors (Lipinski definition) is 3. The smallest absolute Gasteiger partial charge is 0.166 e. The van der Waals surface area contributed by atoms with Gasteiger partial charge in [-0.05, 0) is 6.92 Å². The van der Waals surface area contributed by atoms with Crippen LogP contribution in [0.15, 0.2) is 22.3 Å². The van der Waals surface area contributed by atoms with E-state index in [-0.39, 0.29) is 10.9 Å². The first kappa shape index (κ1) is 8.97. The summed E-state index contributed by atoms with van der Waals surface area (Å²) < 4.78 is 16.2. The van der Waals surface area contributed by atoms with Crippen LogP contribution in [-0.2, 0) is 14.2 Å². The van der Waals surface area contributed by atoms with Gasteiger partial charge in [-0.3, -0.25) is 0 Å². The van der Waals surface area contributed by atoms with Crippen molar-refractivity contribution in [3.8, 4) is 0 Å². The molecule has 2 rings (SSSR count). The third-order valence-electron chi connectivity index (χ3n) is 1.85. The van der Waals surface area contributed by atoms with E-state index in [0.29, 0.717) is 13.2 Å². The Morgan fingerprint density at radius 3 is 2.46 bits per heavy atom. The highest BCUT2D eigenvalue weighted by Gasteiger charge is 2.21. The molecule has 0 amide bonds. The fraction of sp³-hybridized carbons (Fsp3) is 0.556. The molecular formula is C9H14O3S. The van der Waals surface area contributed by atoms with Gasteiger partial charge in [-0.1, -0.05) is 0 Å². The van der Waals surface area contributed by atoms with Gasteiger partial charge in [0, 0.05) is 17.4 Å². The predicted octanol–water partition coefficient (Wildman–Crippen LogP) is 1.72. The Balaban J connectivity index is 1.95. The number of hydrogen-bond donors (Lipinski definition) is 1. The lowest BCUT2D eigenvalue weighted by atomic mass is 10.4. The Kier molecular flexibility index (Phi) is 2.80. The van der Waals surface area contributed by atoms with Gasteiger partial charge in [-0.2, -0.15) is 10.9 Å². The number of fused-ring (bicyclic) bond motifs is 1. The molecule has 13 heavy (non-hydrogen) atoms. The summed E-state index contributed by atoms with van der Waals surface area (Å²) in [6, 6.07) is 0. The lowest BCUT2D eigenvalue weighted by Crippen LogP contribution is -2.11. The molecule has 0 aromatic rings. The van der Waals surface area contributed by atoms with Gasteiger partial charge in [0.1, 0.15) is 13.2 Å². The van der Waals surface area contributed by atoms with Crippen molar-refractivity contribution in [3.63, 3.8) is 0 Å². The minimum atomic E-state index is -0.298. The minimum Gasteiger partial charge on any atom is -0.486 e. The van der Waals surface area contributed by atoms with Crippen LogP contribution < -0.4 is 0 Å². The van der Waals surface area contributed by atoms with Crippen molar-refractivity contribution in [2.24, 2.45) is 0 Å². The van der Waals surface area contributed by atoms with Crippen LogP contribution in [0, 0.1) is 0 Å². The first-order chi connectivity index (χ1) is 6.40. The highest BCUT2D eigenvalue weighted by molar-refractivity contribution is 8.22. The highest BCUT2D eigenvalue weighted by Crippen LogP contribution is 2.41. The zero-order chi connectivity index (χ0) is 9.10. The van der Waals surface area contributed by atoms with Crippen LogP contribution in [0.2, 0.25) is 0 Å². The van der Waals surface area contributed by atoms with Crippen LogP contribution in [-0.4, -0.2) is 25.8 Å². The lowest BCUT2D eigenvalue weighted by Gasteiger charge is -2.17. The van der Waals surface area contributed by atoms with Gasteiger partial charge in [0.15, 0.2) is 11.5 Å². The fourth-order valence-corrected chi connectivity index (χ4v) is 2.88. The van der Waals surface area contributed by atoms with E-state index in [0.717, 1.165) is 24.1 Å². The molecular weight excluding hydrogens is 188 g/mol. The van der Waals surface area contributed by atoms with Gasteiger partial charge in [-0.25, -0.2) is 0 Å². The Morgan fingerprint density at radius 1 is 1.31 bits per heavy atom. The van der Waals surface area contributed by atoms with Gasteiger partial charge in [-0.15, -0.1) is 0 Å². The second-order valence-electron chi connectivity index (χ2n) is 2.82. The summed E-state index contributed by atoms with van der Waals surface area (Å²) in [6.07, 6.45) is 0. The van der Waals surface area contributed by atoms with Gasteiger partial charge in [0.25, 0.3) is 0 Å². The van der Waals surface area contributed by atoms with E-state index in [1.807, 2.05) is 6.92 Å². The van der Waals surface area contributed by atoms with Crippen molar-refractivity contribution in [2.45, 2.75) is 6.92 Å². The maximum Gasteiger partial charge on any atom is 0.166 e. The molecule has 0 atom stereocenters. The second-order valence-corrected chi connectivity index (χ2v) is 4.62. The van der Waals surface area contributed by atoms with Crippen molar-refractivity contribution < 1.29 is 14.2 Å². The Labute approximate surface area is 80.7 Å². The fourth-order valence-electron chi connectivity index (χ4n) is 1.26. The quantitative estimate of drug-likeness (QED) is 0.706. The molecule has 0 saturated carbocycles. The maximum atomic E-state index is 5.44. The van der Waals surface area contributed by atoms with Gasteiger partial charge in [0.2, 0.25) is 0 Å². The van der Waals surface area contributed by atoms with Crippen molar-refractivity contribution in [2.75, 3.05) is 25.8 Å². The zero-order valence-electron chi connectivity index (χ0n) is 7.66. The molecule has 0 spiro atoms. The van der Waals surface area contributed by atoms with Crippen molar-refractivity contribution >= 4 is 10.9 Å². The Bertz CT molecular complexity index is 225. The van der Waals surface area contributed by atoms with Crippen molar-refractivity contribution in [1.82, 2.24) is 0 Å². The standard InChI is InChI=1S/C9H14O3S/c1-2-10-7-13-5-8-9(6-13)12-4-3-11-8/h5-6,13H,2-4,7H2,1H3. The SMILES string of the molecule is CCOC[SH]1C=C2OCCOC2=C1. The summed E-state index contributed by atoms with van der Waals surface area (Å²) >= 11 is 0. The summed E-state index contributed by atoms with van der Waals surface area (Å²) in [5.74, 6) is 2.61. The van der Waals surface area contributed by atoms with Crippen LogP contribution in [0.1, 0.15) is 6.92 Å². The van der Waals surface area contributed by atoms with Crippen LogP contribution in [0.5, 0.6) is 0 Å². The molecule has 2 aliphatic rings. The van der Waals surface area contributed by atoms with E-state index >= 15 is 0 Å². The summed E-state index contributed by atoms with van der Waals surface area (Å²) in [5.41, 5.74) is 0. The number of rotatable bonds is 3. The van der Waals surface area contributed by atoms with E-state index in [9.17, 15) is 0 Å². The minimum absolute atomic E-state index is 0.298. The number of ether oxygens (including phenoxy) is 3. The van der Waals surface area contributed by atoms with Gasteiger partial charge < -0.3 is 14.2 Å². The van der Waals surface area contributed by atoms with E-state index < -0.39 is 0 Å². The lowest BCUT2D eigenvalue weighted by molar-refractivity contribution is 0.0614. The highest BCUT2D eigenvalue weighted by atomic mass is 32.2. The Hall–Kier alpha value is -0.610. The molecule has 2 aliphatic heterocycles. The Morgan fingerprint density at radius 2 is 1.92 bits per heavy atom. The number of thiol groups is 1. The normalized spacial score (nSPS) is 22.7. The predicted molar refractivity (Wildman–Crippen MR) is 53.5 cm³/mol. The molecule has 0 bridgehead atoms. The largest absolute Gasteiger partial charge is 0.486 e. The van der Waals surface area contributed by atoms with Crippen molar-refractivity contribution in [3.05, 3.63) is 22.3 Å².